The smallest absolute Gasteiger partial charge is 0.293 e. The number of nitrogens with zero attached hydrogens (tertiary/aromatic N) is 1. The molecule has 0 N–H and O–H groups in total. The number of fused-ring (bicyclic) bond motifs is 6. The van der Waals surface area contributed by atoms with E-state index in [1.54, 1.807) is 29.4 Å². The Morgan fingerprint density at radius 2 is 1.77 bits per heavy atom. The summed E-state index contributed by atoms with van der Waals surface area (Å²) < 4.78 is 4.15. The van der Waals surface area contributed by atoms with Crippen molar-refractivity contribution in [3.05, 3.63) is 101 Å². The van der Waals surface area contributed by atoms with Gasteiger partial charge in [0.15, 0.2) is 0 Å². The summed E-state index contributed by atoms with van der Waals surface area (Å²) in [5, 5.41) is 8.96. The number of aryl methyl sites for hydroxylation is 1. The molecular formula is C35H37NO2SSi. The van der Waals surface area contributed by atoms with Crippen LogP contribution in [-0.4, -0.2) is 26.1 Å². The van der Waals surface area contributed by atoms with Crippen LogP contribution in [0, 0.1) is 0 Å². The molecule has 0 saturated carbocycles. The molecule has 0 amide bonds. The van der Waals surface area contributed by atoms with E-state index in [4.69, 9.17) is 4.98 Å². The van der Waals surface area contributed by atoms with E-state index in [0.29, 0.717) is 13.1 Å². The molecule has 0 bridgehead atoms. The fraction of sp³-hybridized carbons (Fsp3) is 0.257. The second-order valence-electron chi connectivity index (χ2n) is 11.3. The first kappa shape index (κ1) is 28.0. The quantitative estimate of drug-likeness (QED) is 0.162. The van der Waals surface area contributed by atoms with Gasteiger partial charge in [0, 0.05) is 10.8 Å². The highest BCUT2D eigenvalue weighted by molar-refractivity contribution is 7.16. The predicted octanol–water partition coefficient (Wildman–Crippen LogP) is 9.06. The molecule has 7 rings (SSSR count). The van der Waals surface area contributed by atoms with E-state index in [1.807, 2.05) is 0 Å². The van der Waals surface area contributed by atoms with Crippen LogP contribution in [0.2, 0.25) is 19.6 Å². The van der Waals surface area contributed by atoms with Gasteiger partial charge in [0.25, 0.3) is 6.47 Å². The lowest BCUT2D eigenvalue weighted by molar-refractivity contribution is -0.128. The van der Waals surface area contributed by atoms with E-state index in [1.165, 1.54) is 63.6 Å². The zero-order chi connectivity index (χ0) is 28.1. The Hall–Kier alpha value is -3.54. The average molecular weight is 564 g/mol. The van der Waals surface area contributed by atoms with Crippen LogP contribution in [0.25, 0.3) is 37.5 Å². The molecule has 5 aromatic rings. The second kappa shape index (κ2) is 12.3. The molecule has 0 atom stereocenters. The molecule has 0 unspecified atom stereocenters. The zero-order valence-corrected chi connectivity index (χ0v) is 25.7. The van der Waals surface area contributed by atoms with Gasteiger partial charge in [-0.2, -0.15) is 0 Å². The molecule has 204 valence electrons. The van der Waals surface area contributed by atoms with E-state index >= 15 is 0 Å². The van der Waals surface area contributed by atoms with Crippen molar-refractivity contribution in [3.63, 3.8) is 0 Å². The first-order valence-corrected chi connectivity index (χ1v) is 18.5. The molecule has 0 radical (unpaired) electrons. The van der Waals surface area contributed by atoms with Crippen molar-refractivity contribution >= 4 is 68.5 Å². The van der Waals surface area contributed by atoms with Gasteiger partial charge in [-0.3, -0.25) is 4.79 Å². The minimum Gasteiger partial charge on any atom is -0.468 e. The summed E-state index contributed by atoms with van der Waals surface area (Å²) in [5.41, 5.74) is 7.32. The number of rotatable bonds is 3. The molecule has 3 nitrogen and oxygen atoms in total. The van der Waals surface area contributed by atoms with Gasteiger partial charge in [-0.25, -0.2) is 4.98 Å². The highest BCUT2D eigenvalue weighted by Gasteiger charge is 2.20. The molecule has 2 aromatic heterocycles. The number of benzene rings is 3. The van der Waals surface area contributed by atoms with Gasteiger partial charge in [0.1, 0.15) is 4.83 Å². The van der Waals surface area contributed by atoms with Crippen molar-refractivity contribution in [1.29, 1.82) is 0 Å². The lowest BCUT2D eigenvalue weighted by Gasteiger charge is -2.25. The van der Waals surface area contributed by atoms with Gasteiger partial charge in [0.05, 0.1) is 20.2 Å². The van der Waals surface area contributed by atoms with Crippen LogP contribution in [0.1, 0.15) is 37.3 Å². The SMILES string of the molecule is C1=CC2=C(CC1)CCc1c2ccc2ccccc12.CCOC=O.C[Si](C)(C)c1ccc2nc3sccc3cc2c1. The fourth-order valence-corrected chi connectivity index (χ4v) is 7.41. The summed E-state index contributed by atoms with van der Waals surface area (Å²) in [6, 6.07) is 24.5. The molecule has 0 spiro atoms. The molecule has 2 heterocycles. The van der Waals surface area contributed by atoms with Crippen LogP contribution in [0.5, 0.6) is 0 Å². The number of carbonyl (C=O) groups is 1. The lowest BCUT2D eigenvalue weighted by atomic mass is 9.80. The third kappa shape index (κ3) is 6.11. The minimum absolute atomic E-state index is 0.431. The number of hydrogen-bond donors (Lipinski definition) is 0. The maximum atomic E-state index is 9.18. The number of pyridine rings is 1. The van der Waals surface area contributed by atoms with E-state index < -0.39 is 8.07 Å². The zero-order valence-electron chi connectivity index (χ0n) is 23.9. The van der Waals surface area contributed by atoms with Crippen LogP contribution in [0.3, 0.4) is 0 Å². The molecule has 2 aliphatic carbocycles. The predicted molar refractivity (Wildman–Crippen MR) is 175 cm³/mol. The summed E-state index contributed by atoms with van der Waals surface area (Å²) in [4.78, 5) is 15.0. The summed E-state index contributed by atoms with van der Waals surface area (Å²) in [6.07, 6.45) is 9.61. The van der Waals surface area contributed by atoms with Gasteiger partial charge in [-0.05, 0) is 83.7 Å². The molecule has 0 saturated heterocycles. The first-order valence-electron chi connectivity index (χ1n) is 14.1. The molecule has 0 aliphatic heterocycles. The Balaban J connectivity index is 0.000000139. The summed E-state index contributed by atoms with van der Waals surface area (Å²) in [5.74, 6) is 0. The van der Waals surface area contributed by atoms with E-state index in [-0.39, 0.29) is 0 Å². The molecule has 3 aromatic carbocycles. The Labute approximate surface area is 242 Å². The molecule has 5 heteroatoms. The summed E-state index contributed by atoms with van der Waals surface area (Å²) in [6.45, 7) is 9.80. The molecular weight excluding hydrogens is 527 g/mol. The molecule has 2 aliphatic rings. The number of thiophene rings is 1. The van der Waals surface area contributed by atoms with Gasteiger partial charge in [-0.15, -0.1) is 11.3 Å². The number of ether oxygens (including phenoxy) is 1. The Morgan fingerprint density at radius 1 is 0.925 bits per heavy atom. The number of aromatic nitrogens is 1. The van der Waals surface area contributed by atoms with Crippen LogP contribution >= 0.6 is 11.3 Å². The van der Waals surface area contributed by atoms with Gasteiger partial charge < -0.3 is 4.74 Å². The van der Waals surface area contributed by atoms with Gasteiger partial charge >= 0.3 is 0 Å². The third-order valence-corrected chi connectivity index (χ3v) is 10.5. The number of carbonyl (C=O) groups excluding carboxylic acids is 1. The lowest BCUT2D eigenvalue weighted by Crippen LogP contribution is -2.37. The first-order chi connectivity index (χ1) is 19.4. The number of hydrogen-bond acceptors (Lipinski definition) is 4. The van der Waals surface area contributed by atoms with Gasteiger partial charge in [-0.1, -0.05) is 91.1 Å². The van der Waals surface area contributed by atoms with E-state index in [2.05, 4.69) is 109 Å². The fourth-order valence-electron chi connectivity index (χ4n) is 5.48. The standard InChI is InChI=1S/C18H16.C14H15NSSi.C3H6O2/c1-3-7-15-13(5-1)9-11-18-16-8-4-2-6-14(16)10-12-17(15)18;1-17(2,3)12-4-5-13-11(9-12)8-10-6-7-16-14(10)15-13;1-2-5-3-4/h1,3-5,7-9,11H,2,6,10,12H2;4-9H,1-3H3;3H,2H2,1H3. The van der Waals surface area contributed by atoms with Crippen molar-refractivity contribution in [2.75, 3.05) is 6.61 Å². The highest BCUT2D eigenvalue weighted by atomic mass is 32.1. The topological polar surface area (TPSA) is 39.2 Å². The largest absolute Gasteiger partial charge is 0.468 e. The van der Waals surface area contributed by atoms with E-state index in [9.17, 15) is 4.79 Å². The Kier molecular flexibility index (Phi) is 8.62. The average Bonchev–Trinajstić information content (AvgIpc) is 3.43. The van der Waals surface area contributed by atoms with Crippen molar-refractivity contribution in [2.45, 2.75) is 52.2 Å². The van der Waals surface area contributed by atoms with Crippen LogP contribution in [0.4, 0.5) is 0 Å². The van der Waals surface area contributed by atoms with Crippen molar-refractivity contribution in [3.8, 4) is 0 Å². The second-order valence-corrected chi connectivity index (χ2v) is 17.3. The molecule has 40 heavy (non-hydrogen) atoms. The van der Waals surface area contributed by atoms with Gasteiger partial charge in [0.2, 0.25) is 0 Å². The number of allylic oxidation sites excluding steroid dienone is 4. The third-order valence-electron chi connectivity index (χ3n) is 7.62. The maximum absolute atomic E-state index is 9.18. The minimum atomic E-state index is -1.23. The molecule has 0 fully saturated rings. The van der Waals surface area contributed by atoms with Crippen LogP contribution in [-0.2, 0) is 16.0 Å². The van der Waals surface area contributed by atoms with E-state index in [0.717, 1.165) is 10.3 Å². The normalized spacial score (nSPS) is 14.1. The monoisotopic (exact) mass is 563 g/mol. The Bertz CT molecular complexity index is 1720. The highest BCUT2D eigenvalue weighted by Crippen LogP contribution is 2.39. The summed E-state index contributed by atoms with van der Waals surface area (Å²) in [7, 11) is -1.23. The Morgan fingerprint density at radius 3 is 2.55 bits per heavy atom. The summed E-state index contributed by atoms with van der Waals surface area (Å²) >= 11 is 1.71. The maximum Gasteiger partial charge on any atom is 0.293 e. The van der Waals surface area contributed by atoms with Crippen LogP contribution in [0.15, 0.2) is 89.8 Å². The van der Waals surface area contributed by atoms with Crippen molar-refractivity contribution in [1.82, 2.24) is 4.98 Å². The van der Waals surface area contributed by atoms with Crippen LogP contribution < -0.4 is 5.19 Å². The van der Waals surface area contributed by atoms with Crippen molar-refractivity contribution in [2.24, 2.45) is 0 Å². The van der Waals surface area contributed by atoms with Crippen molar-refractivity contribution < 1.29 is 9.53 Å².